The molecule has 3 N–H and O–H groups in total. The number of aliphatic hydroxyl groups is 1. The van der Waals surface area contributed by atoms with Crippen LogP contribution in [0.25, 0.3) is 0 Å². The Morgan fingerprint density at radius 3 is 2.62 bits per heavy atom. The molecule has 0 radical (unpaired) electrons. The molecule has 1 saturated heterocycles. The van der Waals surface area contributed by atoms with E-state index < -0.39 is 0 Å². The molecule has 0 aliphatic carbocycles. The fourth-order valence-electron chi connectivity index (χ4n) is 2.65. The summed E-state index contributed by atoms with van der Waals surface area (Å²) in [4.78, 5) is 14.3. The van der Waals surface area contributed by atoms with Crippen molar-refractivity contribution in [1.82, 2.24) is 15.5 Å². The highest BCUT2D eigenvalue weighted by Gasteiger charge is 2.24. The Morgan fingerprint density at radius 2 is 1.96 bits per heavy atom. The number of hydrogen-bond donors (Lipinski definition) is 3. The van der Waals surface area contributed by atoms with Crippen LogP contribution in [0.3, 0.4) is 0 Å². The zero-order valence-corrected chi connectivity index (χ0v) is 14.8. The molecule has 2 rings (SSSR count). The topological polar surface area (TPSA) is 73.8 Å². The summed E-state index contributed by atoms with van der Waals surface area (Å²) in [5.41, 5.74) is 1.00. The van der Waals surface area contributed by atoms with Crippen molar-refractivity contribution >= 4 is 17.6 Å². The van der Waals surface area contributed by atoms with Gasteiger partial charge in [-0.3, -0.25) is 4.90 Å². The van der Waals surface area contributed by atoms with Gasteiger partial charge in [-0.2, -0.15) is 0 Å². The SMILES string of the molecule is CC(CO)CNC(=O)NCC(c1ccccc1Cl)N1CCOCC1. The number of urea groups is 1. The molecule has 7 heteroatoms. The smallest absolute Gasteiger partial charge is 0.314 e. The molecule has 0 bridgehead atoms. The Labute approximate surface area is 148 Å². The highest BCUT2D eigenvalue weighted by molar-refractivity contribution is 6.31. The van der Waals surface area contributed by atoms with Crippen molar-refractivity contribution in [3.63, 3.8) is 0 Å². The van der Waals surface area contributed by atoms with Crippen LogP contribution >= 0.6 is 11.6 Å². The van der Waals surface area contributed by atoms with Gasteiger partial charge >= 0.3 is 6.03 Å². The average Bonchev–Trinajstić information content (AvgIpc) is 2.62. The van der Waals surface area contributed by atoms with Gasteiger partial charge in [-0.25, -0.2) is 4.79 Å². The summed E-state index contributed by atoms with van der Waals surface area (Å²) in [5, 5.41) is 15.4. The van der Waals surface area contributed by atoms with Gasteiger partial charge in [-0.1, -0.05) is 36.7 Å². The molecular formula is C17H26ClN3O3. The minimum absolute atomic E-state index is 0.00335. The molecule has 1 aliphatic heterocycles. The van der Waals surface area contributed by atoms with Crippen LogP contribution in [-0.2, 0) is 4.74 Å². The van der Waals surface area contributed by atoms with Crippen molar-refractivity contribution in [2.24, 2.45) is 5.92 Å². The fraction of sp³-hybridized carbons (Fsp3) is 0.588. The zero-order valence-electron chi connectivity index (χ0n) is 14.0. The maximum absolute atomic E-state index is 12.0. The molecule has 2 unspecified atom stereocenters. The van der Waals surface area contributed by atoms with Gasteiger partial charge in [0.1, 0.15) is 0 Å². The summed E-state index contributed by atoms with van der Waals surface area (Å²) in [6, 6.07) is 7.49. The van der Waals surface area contributed by atoms with Crippen molar-refractivity contribution in [3.8, 4) is 0 Å². The summed E-state index contributed by atoms with van der Waals surface area (Å²) < 4.78 is 5.42. The first-order valence-corrected chi connectivity index (χ1v) is 8.68. The van der Waals surface area contributed by atoms with Crippen LogP contribution in [0, 0.1) is 5.92 Å². The molecule has 1 aromatic carbocycles. The van der Waals surface area contributed by atoms with Crippen LogP contribution in [0.4, 0.5) is 4.79 Å². The lowest BCUT2D eigenvalue weighted by atomic mass is 10.0. The van der Waals surface area contributed by atoms with Gasteiger partial charge in [0.25, 0.3) is 0 Å². The first-order valence-electron chi connectivity index (χ1n) is 8.30. The molecule has 1 heterocycles. The number of hydrogen-bond acceptors (Lipinski definition) is 4. The predicted molar refractivity (Wildman–Crippen MR) is 94.2 cm³/mol. The normalized spacial score (nSPS) is 18.0. The molecule has 0 saturated carbocycles. The number of carbonyl (C=O) groups excluding carboxylic acids is 1. The number of nitrogens with zero attached hydrogens (tertiary/aromatic N) is 1. The third kappa shape index (κ3) is 5.63. The van der Waals surface area contributed by atoms with Gasteiger partial charge in [-0.05, 0) is 17.5 Å². The van der Waals surface area contributed by atoms with Crippen LogP contribution in [0.2, 0.25) is 5.02 Å². The van der Waals surface area contributed by atoms with Gasteiger partial charge in [0, 0.05) is 37.8 Å². The number of rotatable bonds is 7. The van der Waals surface area contributed by atoms with E-state index in [1.54, 1.807) is 0 Å². The van der Waals surface area contributed by atoms with Crippen molar-refractivity contribution in [2.75, 3.05) is 46.0 Å². The van der Waals surface area contributed by atoms with E-state index >= 15 is 0 Å². The number of halogens is 1. The lowest BCUT2D eigenvalue weighted by Gasteiger charge is -2.35. The first-order chi connectivity index (χ1) is 11.6. The van der Waals surface area contributed by atoms with E-state index in [0.717, 1.165) is 18.7 Å². The summed E-state index contributed by atoms with van der Waals surface area (Å²) in [5.74, 6) is 0.0364. The average molecular weight is 356 g/mol. The van der Waals surface area contributed by atoms with E-state index in [2.05, 4.69) is 15.5 Å². The largest absolute Gasteiger partial charge is 0.396 e. The molecule has 1 fully saturated rings. The lowest BCUT2D eigenvalue weighted by molar-refractivity contribution is 0.0167. The van der Waals surface area contributed by atoms with Gasteiger partial charge < -0.3 is 20.5 Å². The Kier molecular flexibility index (Phi) is 7.78. The van der Waals surface area contributed by atoms with Gasteiger partial charge in [0.15, 0.2) is 0 Å². The van der Waals surface area contributed by atoms with E-state index in [1.807, 2.05) is 31.2 Å². The second-order valence-corrected chi connectivity index (χ2v) is 6.47. The maximum Gasteiger partial charge on any atom is 0.314 e. The number of nitrogens with one attached hydrogen (secondary N) is 2. The summed E-state index contributed by atoms with van der Waals surface area (Å²) in [7, 11) is 0. The Morgan fingerprint density at radius 1 is 1.29 bits per heavy atom. The molecule has 6 nitrogen and oxygen atoms in total. The van der Waals surface area contributed by atoms with Gasteiger partial charge in [-0.15, -0.1) is 0 Å². The van der Waals surface area contributed by atoms with Gasteiger partial charge in [0.05, 0.1) is 19.3 Å². The van der Waals surface area contributed by atoms with Crippen LogP contribution in [0.5, 0.6) is 0 Å². The molecule has 24 heavy (non-hydrogen) atoms. The molecule has 0 spiro atoms. The third-order valence-electron chi connectivity index (χ3n) is 4.13. The number of ether oxygens (including phenoxy) is 1. The summed E-state index contributed by atoms with van der Waals surface area (Å²) in [6.45, 7) is 5.81. The minimum atomic E-state index is -0.236. The van der Waals surface area contributed by atoms with E-state index in [-0.39, 0.29) is 24.6 Å². The summed E-state index contributed by atoms with van der Waals surface area (Å²) >= 11 is 6.36. The Bertz CT molecular complexity index is 524. The van der Waals surface area contributed by atoms with Crippen molar-refractivity contribution in [2.45, 2.75) is 13.0 Å². The number of carbonyl (C=O) groups is 1. The molecule has 2 atom stereocenters. The predicted octanol–water partition coefficient (Wildman–Crippen LogP) is 1.64. The van der Waals surface area contributed by atoms with E-state index in [4.69, 9.17) is 21.4 Å². The van der Waals surface area contributed by atoms with Crippen LogP contribution in [0.15, 0.2) is 24.3 Å². The second kappa shape index (κ2) is 9.84. The maximum atomic E-state index is 12.0. The lowest BCUT2D eigenvalue weighted by Crippen LogP contribution is -2.46. The number of amides is 2. The minimum Gasteiger partial charge on any atom is -0.396 e. The van der Waals surface area contributed by atoms with Crippen LogP contribution in [0.1, 0.15) is 18.5 Å². The third-order valence-corrected chi connectivity index (χ3v) is 4.47. The zero-order chi connectivity index (χ0) is 17.4. The molecule has 1 aromatic rings. The number of aliphatic hydroxyl groups excluding tert-OH is 1. The van der Waals surface area contributed by atoms with E-state index in [1.165, 1.54) is 0 Å². The second-order valence-electron chi connectivity index (χ2n) is 6.06. The fourth-order valence-corrected chi connectivity index (χ4v) is 2.92. The molecule has 0 aromatic heterocycles. The Balaban J connectivity index is 1.98. The van der Waals surface area contributed by atoms with Crippen LogP contribution < -0.4 is 10.6 Å². The van der Waals surface area contributed by atoms with Crippen molar-refractivity contribution in [3.05, 3.63) is 34.9 Å². The molecule has 134 valence electrons. The van der Waals surface area contributed by atoms with Crippen LogP contribution in [-0.4, -0.2) is 62.0 Å². The monoisotopic (exact) mass is 355 g/mol. The van der Waals surface area contributed by atoms with E-state index in [9.17, 15) is 4.79 Å². The highest BCUT2D eigenvalue weighted by atomic mass is 35.5. The molecule has 2 amide bonds. The highest BCUT2D eigenvalue weighted by Crippen LogP contribution is 2.27. The van der Waals surface area contributed by atoms with Gasteiger partial charge in [0.2, 0.25) is 0 Å². The standard InChI is InChI=1S/C17H26ClN3O3/c1-13(12-22)10-19-17(23)20-11-16(21-6-8-24-9-7-21)14-4-2-3-5-15(14)18/h2-5,13,16,22H,6-12H2,1H3,(H2,19,20,23). The van der Waals surface area contributed by atoms with E-state index in [0.29, 0.717) is 31.3 Å². The first kappa shape index (κ1) is 19.0. The molecular weight excluding hydrogens is 330 g/mol. The van der Waals surface area contributed by atoms with Crippen molar-refractivity contribution < 1.29 is 14.6 Å². The number of morpholine rings is 1. The molecule has 1 aliphatic rings. The quantitative estimate of drug-likeness (QED) is 0.695. The summed E-state index contributed by atoms with van der Waals surface area (Å²) in [6.07, 6.45) is 0. The Hall–Kier alpha value is -1.34. The van der Waals surface area contributed by atoms with Crippen molar-refractivity contribution in [1.29, 1.82) is 0 Å². The number of benzene rings is 1.